The van der Waals surface area contributed by atoms with Crippen molar-refractivity contribution in [3.8, 4) is 11.9 Å². The van der Waals surface area contributed by atoms with E-state index in [1.807, 2.05) is 17.5 Å². The molecular formula is C17H17N3O5S. The lowest BCUT2D eigenvalue weighted by Gasteiger charge is -2.20. The summed E-state index contributed by atoms with van der Waals surface area (Å²) in [5.41, 5.74) is 1.41. The molecule has 136 valence electrons. The highest BCUT2D eigenvalue weighted by molar-refractivity contribution is 7.10. The van der Waals surface area contributed by atoms with Gasteiger partial charge >= 0.3 is 6.01 Å². The number of hydrogen-bond acceptors (Lipinski definition) is 8. The summed E-state index contributed by atoms with van der Waals surface area (Å²) in [6, 6.07) is 3.83. The molecule has 0 aromatic carbocycles. The molecule has 2 aromatic heterocycles. The SMILES string of the molecule is O=c1[nH]c(ON=C2CCOCC2)nc2c1C(Cc1cccs1)=CC(O)O2. The van der Waals surface area contributed by atoms with E-state index >= 15 is 0 Å². The molecular weight excluding hydrogens is 358 g/mol. The van der Waals surface area contributed by atoms with Crippen LogP contribution in [-0.4, -0.2) is 40.3 Å². The molecule has 4 heterocycles. The molecule has 8 nitrogen and oxygen atoms in total. The van der Waals surface area contributed by atoms with E-state index < -0.39 is 11.8 Å². The van der Waals surface area contributed by atoms with E-state index in [1.54, 1.807) is 11.3 Å². The van der Waals surface area contributed by atoms with Crippen molar-refractivity contribution in [2.45, 2.75) is 25.6 Å². The van der Waals surface area contributed by atoms with Gasteiger partial charge < -0.3 is 19.4 Å². The summed E-state index contributed by atoms with van der Waals surface area (Å²) in [5.74, 6) is 0.0393. The summed E-state index contributed by atoms with van der Waals surface area (Å²) in [4.78, 5) is 25.6. The predicted molar refractivity (Wildman–Crippen MR) is 95.6 cm³/mol. The van der Waals surface area contributed by atoms with Crippen molar-refractivity contribution in [1.82, 2.24) is 9.97 Å². The fraction of sp³-hybridized carbons (Fsp3) is 0.353. The quantitative estimate of drug-likeness (QED) is 0.788. The zero-order valence-corrected chi connectivity index (χ0v) is 14.6. The highest BCUT2D eigenvalue weighted by Crippen LogP contribution is 2.31. The highest BCUT2D eigenvalue weighted by Gasteiger charge is 2.25. The van der Waals surface area contributed by atoms with Gasteiger partial charge in [0.05, 0.1) is 18.9 Å². The summed E-state index contributed by atoms with van der Waals surface area (Å²) in [6.45, 7) is 1.20. The number of fused-ring (bicyclic) bond motifs is 1. The first-order chi connectivity index (χ1) is 12.7. The lowest BCUT2D eigenvalue weighted by Crippen LogP contribution is -2.26. The maximum absolute atomic E-state index is 12.5. The Morgan fingerprint density at radius 3 is 3.04 bits per heavy atom. The molecule has 2 aromatic rings. The van der Waals surface area contributed by atoms with Crippen molar-refractivity contribution in [2.75, 3.05) is 13.2 Å². The van der Waals surface area contributed by atoms with Gasteiger partial charge in [0.25, 0.3) is 5.56 Å². The minimum absolute atomic E-state index is 0.0393. The molecule has 2 aliphatic rings. The Kier molecular flexibility index (Phi) is 4.83. The number of aromatic nitrogens is 2. The summed E-state index contributed by atoms with van der Waals surface area (Å²) in [6.07, 6.45) is 2.22. The third-order valence-electron chi connectivity index (χ3n) is 4.04. The van der Waals surface area contributed by atoms with Crippen LogP contribution in [0, 0.1) is 0 Å². The van der Waals surface area contributed by atoms with Crippen molar-refractivity contribution in [3.63, 3.8) is 0 Å². The Hall–Kier alpha value is -2.49. The number of aliphatic hydroxyl groups is 1. The van der Waals surface area contributed by atoms with Gasteiger partial charge in [-0.2, -0.15) is 4.98 Å². The fourth-order valence-corrected chi connectivity index (χ4v) is 3.53. The van der Waals surface area contributed by atoms with Crippen LogP contribution in [0.4, 0.5) is 0 Å². The van der Waals surface area contributed by atoms with Crippen LogP contribution in [0.5, 0.6) is 11.9 Å². The number of ether oxygens (including phenoxy) is 2. The number of oxime groups is 1. The van der Waals surface area contributed by atoms with Gasteiger partial charge in [-0.25, -0.2) is 0 Å². The van der Waals surface area contributed by atoms with Crippen LogP contribution in [0.25, 0.3) is 5.57 Å². The third kappa shape index (κ3) is 3.69. The van der Waals surface area contributed by atoms with Gasteiger partial charge in [-0.3, -0.25) is 9.78 Å². The first-order valence-corrected chi connectivity index (χ1v) is 9.10. The minimum Gasteiger partial charge on any atom is -0.443 e. The molecule has 9 heteroatoms. The summed E-state index contributed by atoms with van der Waals surface area (Å²) in [5, 5.41) is 15.9. The highest BCUT2D eigenvalue weighted by atomic mass is 32.1. The molecule has 0 radical (unpaired) electrons. The van der Waals surface area contributed by atoms with Gasteiger partial charge in [0.15, 0.2) is 0 Å². The summed E-state index contributed by atoms with van der Waals surface area (Å²) >= 11 is 1.58. The largest absolute Gasteiger partial charge is 0.443 e. The van der Waals surface area contributed by atoms with E-state index in [9.17, 15) is 9.90 Å². The Balaban J connectivity index is 1.60. The van der Waals surface area contributed by atoms with Gasteiger partial charge in [0.2, 0.25) is 12.2 Å². The van der Waals surface area contributed by atoms with Crippen LogP contribution >= 0.6 is 11.3 Å². The molecule has 0 saturated carbocycles. The van der Waals surface area contributed by atoms with Gasteiger partial charge in [-0.05, 0) is 23.1 Å². The number of nitrogens with one attached hydrogen (secondary N) is 1. The molecule has 2 N–H and O–H groups in total. The lowest BCUT2D eigenvalue weighted by atomic mass is 10.0. The number of thiophene rings is 1. The number of aliphatic hydroxyl groups excluding tert-OH is 1. The van der Waals surface area contributed by atoms with Crippen LogP contribution in [-0.2, 0) is 11.2 Å². The van der Waals surface area contributed by atoms with E-state index in [2.05, 4.69) is 15.1 Å². The van der Waals surface area contributed by atoms with Gasteiger partial charge in [-0.1, -0.05) is 11.2 Å². The van der Waals surface area contributed by atoms with Gasteiger partial charge in [-0.15, -0.1) is 11.3 Å². The van der Waals surface area contributed by atoms with E-state index in [-0.39, 0.29) is 11.9 Å². The predicted octanol–water partition coefficient (Wildman–Crippen LogP) is 1.71. The normalized spacial score (nSPS) is 19.3. The first kappa shape index (κ1) is 17.0. The minimum atomic E-state index is -1.17. The molecule has 1 atom stereocenters. The van der Waals surface area contributed by atoms with Crippen LogP contribution in [0.2, 0.25) is 0 Å². The second-order valence-corrected chi connectivity index (χ2v) is 6.90. The van der Waals surface area contributed by atoms with Crippen molar-refractivity contribution in [1.29, 1.82) is 0 Å². The molecule has 1 saturated heterocycles. The second kappa shape index (κ2) is 7.40. The molecule has 2 aliphatic heterocycles. The Labute approximate surface area is 152 Å². The van der Waals surface area contributed by atoms with Crippen molar-refractivity contribution in [3.05, 3.63) is 44.4 Å². The maximum atomic E-state index is 12.5. The van der Waals surface area contributed by atoms with Gasteiger partial charge in [0, 0.05) is 24.1 Å². The molecule has 1 unspecified atom stereocenters. The van der Waals surface area contributed by atoms with E-state index in [0.717, 1.165) is 10.6 Å². The molecule has 1 fully saturated rings. The second-order valence-electron chi connectivity index (χ2n) is 5.87. The summed E-state index contributed by atoms with van der Waals surface area (Å²) < 4.78 is 10.5. The molecule has 0 bridgehead atoms. The van der Waals surface area contributed by atoms with Crippen molar-refractivity contribution in [2.24, 2.45) is 5.16 Å². The van der Waals surface area contributed by atoms with Crippen LogP contribution in [0.15, 0.2) is 33.5 Å². The average molecular weight is 375 g/mol. The molecule has 4 rings (SSSR count). The van der Waals surface area contributed by atoms with E-state index in [0.29, 0.717) is 43.6 Å². The van der Waals surface area contributed by atoms with Crippen molar-refractivity contribution < 1.29 is 19.4 Å². The number of rotatable bonds is 4. The lowest BCUT2D eigenvalue weighted by molar-refractivity contribution is 0.0177. The maximum Gasteiger partial charge on any atom is 0.329 e. The number of nitrogens with zero attached hydrogens (tertiary/aromatic N) is 2. The number of H-pyrrole nitrogens is 1. The third-order valence-corrected chi connectivity index (χ3v) is 4.91. The van der Waals surface area contributed by atoms with Crippen LogP contribution < -0.4 is 15.1 Å². The topological polar surface area (TPSA) is 106 Å². The molecule has 0 amide bonds. The monoisotopic (exact) mass is 375 g/mol. The van der Waals surface area contributed by atoms with E-state index in [4.69, 9.17) is 14.3 Å². The molecule has 0 spiro atoms. The number of aromatic amines is 1. The Bertz CT molecular complexity index is 896. The standard InChI is InChI=1S/C17H17N3O5S/c21-13-9-10(8-12-2-1-7-26-12)14-15(22)18-17(19-16(14)24-13)25-20-11-3-5-23-6-4-11/h1-2,7,9,13,21H,3-6,8H2,(H,18,19,22). The first-order valence-electron chi connectivity index (χ1n) is 8.22. The van der Waals surface area contributed by atoms with Crippen LogP contribution in [0.1, 0.15) is 23.3 Å². The van der Waals surface area contributed by atoms with E-state index in [1.165, 1.54) is 6.08 Å². The van der Waals surface area contributed by atoms with Crippen molar-refractivity contribution >= 4 is 22.6 Å². The Morgan fingerprint density at radius 2 is 2.27 bits per heavy atom. The zero-order valence-electron chi connectivity index (χ0n) is 13.8. The van der Waals surface area contributed by atoms with Gasteiger partial charge in [0.1, 0.15) is 5.56 Å². The average Bonchev–Trinajstić information content (AvgIpc) is 3.13. The molecule has 0 aliphatic carbocycles. The zero-order chi connectivity index (χ0) is 17.9. The van der Waals surface area contributed by atoms with Crippen LogP contribution in [0.3, 0.4) is 0 Å². The smallest absolute Gasteiger partial charge is 0.329 e. The summed E-state index contributed by atoms with van der Waals surface area (Å²) in [7, 11) is 0. The number of hydrogen-bond donors (Lipinski definition) is 2. The molecule has 26 heavy (non-hydrogen) atoms. The fourth-order valence-electron chi connectivity index (χ4n) is 2.80. The Morgan fingerprint density at radius 1 is 1.42 bits per heavy atom. The number of allylic oxidation sites excluding steroid dienone is 1.